The molecule has 7 heteroatoms. The lowest BCUT2D eigenvalue weighted by Gasteiger charge is -2.46. The fourth-order valence-electron chi connectivity index (χ4n) is 2.75. The Morgan fingerprint density at radius 2 is 2.00 bits per heavy atom. The summed E-state index contributed by atoms with van der Waals surface area (Å²) in [4.78, 5) is 30.7. The van der Waals surface area contributed by atoms with Crippen LogP contribution in [0.2, 0.25) is 0 Å². The molecule has 2 heterocycles. The molecule has 110 valence electrons. The molecule has 7 nitrogen and oxygen atoms in total. The summed E-state index contributed by atoms with van der Waals surface area (Å²) in [6.45, 7) is 5.86. The minimum Gasteiger partial charge on any atom is -0.343 e. The number of aromatic nitrogens is 3. The summed E-state index contributed by atoms with van der Waals surface area (Å²) in [7, 11) is 1.78. The third-order valence-corrected chi connectivity index (χ3v) is 4.20. The Bertz CT molecular complexity index is 521. The molecule has 1 atom stereocenters. The molecule has 0 aliphatic carbocycles. The zero-order chi connectivity index (χ0) is 14.9. The van der Waals surface area contributed by atoms with Gasteiger partial charge in [0.15, 0.2) is 0 Å². The van der Waals surface area contributed by atoms with E-state index in [0.717, 1.165) is 0 Å². The lowest BCUT2D eigenvalue weighted by Crippen LogP contribution is -2.69. The van der Waals surface area contributed by atoms with E-state index in [9.17, 15) is 9.59 Å². The first kappa shape index (κ1) is 14.5. The molecule has 0 bridgehead atoms. The van der Waals surface area contributed by atoms with Crippen LogP contribution < -0.4 is 5.32 Å². The van der Waals surface area contributed by atoms with Gasteiger partial charge in [-0.15, -0.1) is 0 Å². The monoisotopic (exact) mass is 279 g/mol. The van der Waals surface area contributed by atoms with Gasteiger partial charge >= 0.3 is 0 Å². The van der Waals surface area contributed by atoms with E-state index < -0.39 is 11.6 Å². The number of carbonyl (C=O) groups is 2. The van der Waals surface area contributed by atoms with E-state index in [2.05, 4.69) is 15.4 Å². The van der Waals surface area contributed by atoms with E-state index in [1.807, 2.05) is 13.8 Å². The number of nitrogens with zero attached hydrogens (tertiary/aromatic N) is 4. The molecule has 2 amide bonds. The predicted octanol–water partition coefficient (Wildman–Crippen LogP) is 0.221. The van der Waals surface area contributed by atoms with E-state index in [-0.39, 0.29) is 11.8 Å². The molecule has 1 aliphatic heterocycles. The number of amides is 2. The van der Waals surface area contributed by atoms with Crippen LogP contribution in [0.3, 0.4) is 0 Å². The van der Waals surface area contributed by atoms with Crippen molar-refractivity contribution in [2.45, 2.75) is 51.7 Å². The molecule has 0 radical (unpaired) electrons. The van der Waals surface area contributed by atoms with Gasteiger partial charge in [-0.2, -0.15) is 5.10 Å². The number of hydrogen-bond acceptors (Lipinski definition) is 4. The summed E-state index contributed by atoms with van der Waals surface area (Å²) in [5, 5.41) is 6.78. The Labute approximate surface area is 118 Å². The molecule has 1 aromatic rings. The first-order valence-corrected chi connectivity index (χ1v) is 6.91. The standard InChI is InChI=1S/C13H21N5O2/c1-5-13(6-2)12(20)16-9(3)11(19)18(13)7-10-14-8-15-17(10)4/h8-9H,5-7H2,1-4H3,(H,16,20). The molecule has 1 fully saturated rings. The van der Waals surface area contributed by atoms with Crippen LogP contribution in [0.1, 0.15) is 39.4 Å². The molecule has 0 spiro atoms. The van der Waals surface area contributed by atoms with Crippen LogP contribution in [0, 0.1) is 0 Å². The number of carbonyl (C=O) groups excluding carboxylic acids is 2. The summed E-state index contributed by atoms with van der Waals surface area (Å²) in [6, 6.07) is -0.498. The van der Waals surface area contributed by atoms with Crippen molar-refractivity contribution in [3.8, 4) is 0 Å². The van der Waals surface area contributed by atoms with Crippen LogP contribution in [0.25, 0.3) is 0 Å². The van der Waals surface area contributed by atoms with E-state index in [1.54, 1.807) is 23.6 Å². The number of nitrogens with one attached hydrogen (secondary N) is 1. The Kier molecular flexibility index (Phi) is 3.78. The summed E-state index contributed by atoms with van der Waals surface area (Å²) < 4.78 is 1.63. The van der Waals surface area contributed by atoms with E-state index in [0.29, 0.717) is 25.2 Å². The molecule has 20 heavy (non-hydrogen) atoms. The van der Waals surface area contributed by atoms with Crippen LogP contribution in [-0.4, -0.2) is 43.1 Å². The Morgan fingerprint density at radius 3 is 2.50 bits per heavy atom. The summed E-state index contributed by atoms with van der Waals surface area (Å²) in [5.74, 6) is 0.514. The molecule has 1 aromatic heterocycles. The van der Waals surface area contributed by atoms with Crippen molar-refractivity contribution in [3.63, 3.8) is 0 Å². The molecular weight excluding hydrogens is 258 g/mol. The number of hydrogen-bond donors (Lipinski definition) is 1. The van der Waals surface area contributed by atoms with Gasteiger partial charge in [0.1, 0.15) is 23.7 Å². The van der Waals surface area contributed by atoms with Gasteiger partial charge in [-0.05, 0) is 19.8 Å². The lowest BCUT2D eigenvalue weighted by atomic mass is 9.86. The topological polar surface area (TPSA) is 80.1 Å². The van der Waals surface area contributed by atoms with Crippen molar-refractivity contribution in [2.75, 3.05) is 0 Å². The highest BCUT2D eigenvalue weighted by atomic mass is 16.2. The fourth-order valence-corrected chi connectivity index (χ4v) is 2.75. The minimum absolute atomic E-state index is 0.0729. The van der Waals surface area contributed by atoms with Gasteiger partial charge in [0, 0.05) is 7.05 Å². The van der Waals surface area contributed by atoms with Gasteiger partial charge in [-0.1, -0.05) is 13.8 Å². The zero-order valence-electron chi connectivity index (χ0n) is 12.4. The van der Waals surface area contributed by atoms with E-state index in [4.69, 9.17) is 0 Å². The minimum atomic E-state index is -0.796. The van der Waals surface area contributed by atoms with Crippen LogP contribution in [0.4, 0.5) is 0 Å². The summed E-state index contributed by atoms with van der Waals surface area (Å²) in [6.07, 6.45) is 2.60. The van der Waals surface area contributed by atoms with Crippen molar-refractivity contribution in [1.82, 2.24) is 25.0 Å². The highest BCUT2D eigenvalue weighted by molar-refractivity contribution is 5.99. The Morgan fingerprint density at radius 1 is 1.35 bits per heavy atom. The van der Waals surface area contributed by atoms with Gasteiger partial charge < -0.3 is 10.2 Å². The Hall–Kier alpha value is -1.92. The van der Waals surface area contributed by atoms with Crippen molar-refractivity contribution >= 4 is 11.8 Å². The van der Waals surface area contributed by atoms with Crippen LogP contribution >= 0.6 is 0 Å². The second kappa shape index (κ2) is 5.22. The second-order valence-electron chi connectivity index (χ2n) is 5.16. The highest BCUT2D eigenvalue weighted by Gasteiger charge is 2.49. The van der Waals surface area contributed by atoms with Gasteiger partial charge in [-0.3, -0.25) is 14.3 Å². The first-order chi connectivity index (χ1) is 9.46. The summed E-state index contributed by atoms with van der Waals surface area (Å²) in [5.41, 5.74) is -0.796. The number of piperazine rings is 1. The normalized spacial score (nSPS) is 22.0. The largest absolute Gasteiger partial charge is 0.343 e. The van der Waals surface area contributed by atoms with Gasteiger partial charge in [0.2, 0.25) is 11.8 Å². The van der Waals surface area contributed by atoms with Gasteiger partial charge in [0.25, 0.3) is 0 Å². The Balaban J connectivity index is 2.39. The van der Waals surface area contributed by atoms with Gasteiger partial charge in [-0.25, -0.2) is 4.98 Å². The third-order valence-electron chi connectivity index (χ3n) is 4.20. The third kappa shape index (κ3) is 2.07. The van der Waals surface area contributed by atoms with E-state index >= 15 is 0 Å². The summed E-state index contributed by atoms with van der Waals surface area (Å²) >= 11 is 0. The highest BCUT2D eigenvalue weighted by Crippen LogP contribution is 2.30. The quantitative estimate of drug-likeness (QED) is 0.855. The molecule has 1 saturated heterocycles. The van der Waals surface area contributed by atoms with Crippen molar-refractivity contribution < 1.29 is 9.59 Å². The first-order valence-electron chi connectivity index (χ1n) is 6.91. The smallest absolute Gasteiger partial charge is 0.246 e. The fraction of sp³-hybridized carbons (Fsp3) is 0.692. The average Bonchev–Trinajstić information content (AvgIpc) is 2.82. The van der Waals surface area contributed by atoms with Crippen LogP contribution in [0.5, 0.6) is 0 Å². The molecule has 0 aromatic carbocycles. The maximum Gasteiger partial charge on any atom is 0.246 e. The maximum absolute atomic E-state index is 12.5. The zero-order valence-corrected chi connectivity index (χ0v) is 12.4. The second-order valence-corrected chi connectivity index (χ2v) is 5.16. The lowest BCUT2D eigenvalue weighted by molar-refractivity contribution is -0.159. The molecule has 1 unspecified atom stereocenters. The van der Waals surface area contributed by atoms with Gasteiger partial charge in [0.05, 0.1) is 6.54 Å². The van der Waals surface area contributed by atoms with Crippen LogP contribution in [-0.2, 0) is 23.2 Å². The van der Waals surface area contributed by atoms with Crippen LogP contribution in [0.15, 0.2) is 6.33 Å². The number of aryl methyl sites for hydroxylation is 1. The molecule has 0 saturated carbocycles. The van der Waals surface area contributed by atoms with E-state index in [1.165, 1.54) is 6.33 Å². The molecule has 1 aliphatic rings. The van der Waals surface area contributed by atoms with Crippen molar-refractivity contribution in [3.05, 3.63) is 12.2 Å². The molecule has 2 rings (SSSR count). The van der Waals surface area contributed by atoms with Crippen molar-refractivity contribution in [1.29, 1.82) is 0 Å². The van der Waals surface area contributed by atoms with Crippen molar-refractivity contribution in [2.24, 2.45) is 7.05 Å². The number of rotatable bonds is 4. The molecular formula is C13H21N5O2. The SMILES string of the molecule is CCC1(CC)C(=O)NC(C)C(=O)N1Cc1ncnn1C. The predicted molar refractivity (Wildman–Crippen MR) is 72.5 cm³/mol. The maximum atomic E-state index is 12.5. The average molecular weight is 279 g/mol. The molecule has 1 N–H and O–H groups in total.